The van der Waals surface area contributed by atoms with Crippen LogP contribution in [0, 0.1) is 5.82 Å². The summed E-state index contributed by atoms with van der Waals surface area (Å²) in [6.07, 6.45) is 9.53. The summed E-state index contributed by atoms with van der Waals surface area (Å²) in [6, 6.07) is 6.34. The van der Waals surface area contributed by atoms with Gasteiger partial charge in [-0.3, -0.25) is 19.7 Å². The number of halogens is 1. The van der Waals surface area contributed by atoms with E-state index < -0.39 is 0 Å². The van der Waals surface area contributed by atoms with Gasteiger partial charge in [0.25, 0.3) is 5.91 Å². The van der Waals surface area contributed by atoms with Crippen LogP contribution in [0.25, 0.3) is 11.3 Å². The third-order valence-corrected chi connectivity index (χ3v) is 4.70. The van der Waals surface area contributed by atoms with Crippen molar-refractivity contribution in [1.29, 1.82) is 0 Å². The van der Waals surface area contributed by atoms with Gasteiger partial charge in [-0.1, -0.05) is 12.1 Å². The minimum atomic E-state index is -0.313. The molecule has 7 heteroatoms. The highest BCUT2D eigenvalue weighted by Crippen LogP contribution is 2.32. The fourth-order valence-corrected chi connectivity index (χ4v) is 3.46. The summed E-state index contributed by atoms with van der Waals surface area (Å²) in [5, 5.41) is 0. The van der Waals surface area contributed by atoms with Crippen LogP contribution in [-0.4, -0.2) is 43.8 Å². The van der Waals surface area contributed by atoms with Crippen LogP contribution in [0.5, 0.6) is 0 Å². The summed E-state index contributed by atoms with van der Waals surface area (Å²) in [7, 11) is 0. The van der Waals surface area contributed by atoms with Crippen molar-refractivity contribution in [2.45, 2.75) is 18.8 Å². The van der Waals surface area contributed by atoms with Crippen LogP contribution in [-0.2, 0) is 0 Å². The van der Waals surface area contributed by atoms with Crippen LogP contribution in [0.4, 0.5) is 4.39 Å². The first-order valence-corrected chi connectivity index (χ1v) is 8.84. The molecule has 0 radical (unpaired) electrons. The van der Waals surface area contributed by atoms with Gasteiger partial charge >= 0.3 is 0 Å². The molecule has 0 saturated carbocycles. The van der Waals surface area contributed by atoms with E-state index in [0.717, 1.165) is 18.5 Å². The molecule has 2 aromatic heterocycles. The Morgan fingerprint density at radius 1 is 1.11 bits per heavy atom. The number of likely N-dealkylation sites (tertiary alicyclic amines) is 1. The number of rotatable bonds is 3. The van der Waals surface area contributed by atoms with Crippen LogP contribution >= 0.6 is 0 Å². The number of carbonyl (C=O) groups is 1. The average Bonchev–Trinajstić information content (AvgIpc) is 2.74. The largest absolute Gasteiger partial charge is 0.337 e. The summed E-state index contributed by atoms with van der Waals surface area (Å²) in [5.41, 5.74) is 2.48. The van der Waals surface area contributed by atoms with E-state index >= 15 is 0 Å². The Kier molecular flexibility index (Phi) is 4.82. The van der Waals surface area contributed by atoms with Gasteiger partial charge < -0.3 is 4.90 Å². The number of piperidine rings is 1. The van der Waals surface area contributed by atoms with Gasteiger partial charge in [0.2, 0.25) is 0 Å². The van der Waals surface area contributed by atoms with Crippen LogP contribution in [0.1, 0.15) is 34.9 Å². The van der Waals surface area contributed by atoms with Gasteiger partial charge in [0.1, 0.15) is 11.5 Å². The summed E-state index contributed by atoms with van der Waals surface area (Å²) in [6.45, 7) is 1.19. The van der Waals surface area contributed by atoms with Gasteiger partial charge in [-0.25, -0.2) is 9.37 Å². The quantitative estimate of drug-likeness (QED) is 0.715. The standard InChI is InChI=1S/C20H18FN5O/c21-16-5-1-3-14(11-16)18-19(25-9-8-24-18)15-4-2-10-26(13-15)20(27)17-12-22-6-7-23-17/h1,3,5-9,11-12,15H,2,4,10,13H2. The molecule has 1 aliphatic rings. The first-order chi connectivity index (χ1) is 13.2. The molecule has 3 aromatic rings. The molecule has 1 unspecified atom stereocenters. The molecule has 0 aliphatic carbocycles. The Labute approximate surface area is 156 Å². The maximum atomic E-state index is 13.7. The van der Waals surface area contributed by atoms with E-state index in [4.69, 9.17) is 0 Å². The zero-order valence-electron chi connectivity index (χ0n) is 14.6. The molecule has 4 rings (SSSR count). The SMILES string of the molecule is O=C(c1cnccn1)N1CCCC(c2nccnc2-c2cccc(F)c2)C1. The summed E-state index contributed by atoms with van der Waals surface area (Å²) in [5.74, 6) is -0.414. The zero-order valence-corrected chi connectivity index (χ0v) is 14.6. The van der Waals surface area contributed by atoms with E-state index in [1.165, 1.54) is 24.5 Å². The number of nitrogens with zero attached hydrogens (tertiary/aromatic N) is 5. The number of hydrogen-bond acceptors (Lipinski definition) is 5. The predicted octanol–water partition coefficient (Wildman–Crippen LogP) is 3.09. The second-order valence-electron chi connectivity index (χ2n) is 6.48. The normalized spacial score (nSPS) is 16.9. The van der Waals surface area contributed by atoms with Crippen molar-refractivity contribution in [3.05, 3.63) is 72.5 Å². The molecule has 1 atom stereocenters. The molecular weight excluding hydrogens is 345 g/mol. The van der Waals surface area contributed by atoms with E-state index in [1.807, 2.05) is 6.07 Å². The van der Waals surface area contributed by atoms with Crippen molar-refractivity contribution in [2.24, 2.45) is 0 Å². The molecule has 1 aromatic carbocycles. The molecule has 6 nitrogen and oxygen atoms in total. The van der Waals surface area contributed by atoms with Gasteiger partial charge in [-0.2, -0.15) is 0 Å². The Balaban J connectivity index is 1.62. The molecule has 0 spiro atoms. The Morgan fingerprint density at radius 3 is 2.78 bits per heavy atom. The van der Waals surface area contributed by atoms with Crippen molar-refractivity contribution in [3.8, 4) is 11.3 Å². The summed E-state index contributed by atoms with van der Waals surface area (Å²) < 4.78 is 13.7. The number of aromatic nitrogens is 4. The van der Waals surface area contributed by atoms with Gasteiger partial charge in [0.15, 0.2) is 0 Å². The van der Waals surface area contributed by atoms with Gasteiger partial charge in [-0.05, 0) is 25.0 Å². The van der Waals surface area contributed by atoms with Crippen molar-refractivity contribution in [2.75, 3.05) is 13.1 Å². The van der Waals surface area contributed by atoms with E-state index in [1.54, 1.807) is 29.6 Å². The fraction of sp³-hybridized carbons (Fsp3) is 0.250. The van der Waals surface area contributed by atoms with Crippen LogP contribution in [0.2, 0.25) is 0 Å². The predicted molar refractivity (Wildman–Crippen MR) is 97.3 cm³/mol. The zero-order chi connectivity index (χ0) is 18.6. The van der Waals surface area contributed by atoms with Crippen LogP contribution in [0.15, 0.2) is 55.2 Å². The average molecular weight is 363 g/mol. The smallest absolute Gasteiger partial charge is 0.274 e. The maximum Gasteiger partial charge on any atom is 0.274 e. The Bertz CT molecular complexity index is 950. The third kappa shape index (κ3) is 3.67. The summed E-state index contributed by atoms with van der Waals surface area (Å²) >= 11 is 0. The molecular formula is C20H18FN5O. The fourth-order valence-electron chi connectivity index (χ4n) is 3.46. The third-order valence-electron chi connectivity index (χ3n) is 4.70. The number of benzene rings is 1. The Hall–Kier alpha value is -3.22. The molecule has 3 heterocycles. The van der Waals surface area contributed by atoms with E-state index in [9.17, 15) is 9.18 Å². The molecule has 27 heavy (non-hydrogen) atoms. The highest BCUT2D eigenvalue weighted by atomic mass is 19.1. The minimum Gasteiger partial charge on any atom is -0.337 e. The van der Waals surface area contributed by atoms with Gasteiger partial charge in [0.05, 0.1) is 17.6 Å². The molecule has 0 bridgehead atoms. The van der Waals surface area contributed by atoms with Gasteiger partial charge in [-0.15, -0.1) is 0 Å². The highest BCUT2D eigenvalue weighted by molar-refractivity contribution is 5.92. The lowest BCUT2D eigenvalue weighted by Gasteiger charge is -2.32. The number of carbonyl (C=O) groups excluding carboxylic acids is 1. The first kappa shape index (κ1) is 17.2. The van der Waals surface area contributed by atoms with E-state index in [2.05, 4.69) is 19.9 Å². The second-order valence-corrected chi connectivity index (χ2v) is 6.48. The van der Waals surface area contributed by atoms with Crippen molar-refractivity contribution in [1.82, 2.24) is 24.8 Å². The van der Waals surface area contributed by atoms with Crippen molar-refractivity contribution >= 4 is 5.91 Å². The van der Waals surface area contributed by atoms with Gasteiger partial charge in [0, 0.05) is 49.4 Å². The highest BCUT2D eigenvalue weighted by Gasteiger charge is 2.29. The molecule has 0 N–H and O–H groups in total. The minimum absolute atomic E-state index is 0.0336. The monoisotopic (exact) mass is 363 g/mol. The molecule has 1 aliphatic heterocycles. The Morgan fingerprint density at radius 2 is 1.96 bits per heavy atom. The van der Waals surface area contributed by atoms with Crippen molar-refractivity contribution < 1.29 is 9.18 Å². The number of amides is 1. The van der Waals surface area contributed by atoms with Crippen molar-refractivity contribution in [3.63, 3.8) is 0 Å². The first-order valence-electron chi connectivity index (χ1n) is 8.84. The van der Waals surface area contributed by atoms with Crippen LogP contribution in [0.3, 0.4) is 0 Å². The molecule has 1 saturated heterocycles. The topological polar surface area (TPSA) is 71.9 Å². The number of hydrogen-bond donors (Lipinski definition) is 0. The summed E-state index contributed by atoms with van der Waals surface area (Å²) in [4.78, 5) is 31.5. The lowest BCUT2D eigenvalue weighted by atomic mass is 9.91. The lowest BCUT2D eigenvalue weighted by molar-refractivity contribution is 0.0699. The molecule has 1 amide bonds. The van der Waals surface area contributed by atoms with E-state index in [-0.39, 0.29) is 17.6 Å². The second kappa shape index (κ2) is 7.57. The molecule has 136 valence electrons. The van der Waals surface area contributed by atoms with E-state index in [0.29, 0.717) is 30.0 Å². The van der Waals surface area contributed by atoms with Crippen LogP contribution < -0.4 is 0 Å². The molecule has 1 fully saturated rings. The lowest BCUT2D eigenvalue weighted by Crippen LogP contribution is -2.39. The maximum absolute atomic E-state index is 13.7.